The standard InChI is InChI=1S/C7H10ClNO/c1-4-5-9(3)7(10)6(2)8/h1,6H,5H2,2-3H3. The third-order valence-electron chi connectivity index (χ3n) is 1.04. The van der Waals surface area contributed by atoms with Crippen LogP contribution in [0.5, 0.6) is 0 Å². The molecule has 1 amide bonds. The van der Waals surface area contributed by atoms with Crippen molar-refractivity contribution < 1.29 is 4.79 Å². The molecule has 0 aliphatic rings. The summed E-state index contributed by atoms with van der Waals surface area (Å²) in [6.07, 6.45) is 4.98. The smallest absolute Gasteiger partial charge is 0.240 e. The highest BCUT2D eigenvalue weighted by atomic mass is 35.5. The summed E-state index contributed by atoms with van der Waals surface area (Å²) in [6.45, 7) is 1.94. The second kappa shape index (κ2) is 4.19. The van der Waals surface area contributed by atoms with Crippen LogP contribution in [0.15, 0.2) is 0 Å². The van der Waals surface area contributed by atoms with Gasteiger partial charge >= 0.3 is 0 Å². The molecule has 1 unspecified atom stereocenters. The van der Waals surface area contributed by atoms with E-state index in [-0.39, 0.29) is 5.91 Å². The second-order valence-electron chi connectivity index (χ2n) is 2.01. The van der Waals surface area contributed by atoms with E-state index in [1.165, 1.54) is 4.90 Å². The van der Waals surface area contributed by atoms with Gasteiger partial charge in [-0.25, -0.2) is 0 Å². The molecule has 0 rings (SSSR count). The van der Waals surface area contributed by atoms with Crippen LogP contribution in [0.3, 0.4) is 0 Å². The quantitative estimate of drug-likeness (QED) is 0.429. The molecule has 1 atom stereocenters. The summed E-state index contributed by atoms with van der Waals surface area (Å²) in [5.74, 6) is 2.21. The summed E-state index contributed by atoms with van der Waals surface area (Å²) >= 11 is 5.50. The van der Waals surface area contributed by atoms with E-state index in [4.69, 9.17) is 18.0 Å². The number of alkyl halides is 1. The molecule has 0 radical (unpaired) electrons. The Morgan fingerprint density at radius 2 is 2.40 bits per heavy atom. The molecule has 10 heavy (non-hydrogen) atoms. The van der Waals surface area contributed by atoms with Gasteiger partial charge in [0.15, 0.2) is 0 Å². The number of carbonyl (C=O) groups is 1. The first-order valence-electron chi connectivity index (χ1n) is 2.92. The van der Waals surface area contributed by atoms with Gasteiger partial charge in [0.25, 0.3) is 0 Å². The number of rotatable bonds is 2. The fourth-order valence-corrected chi connectivity index (χ4v) is 0.685. The Hall–Kier alpha value is -0.680. The molecule has 0 aromatic carbocycles. The number of terminal acetylenes is 1. The van der Waals surface area contributed by atoms with E-state index in [1.807, 2.05) is 0 Å². The average Bonchev–Trinajstić information content (AvgIpc) is 1.87. The fraction of sp³-hybridized carbons (Fsp3) is 0.571. The predicted molar refractivity (Wildman–Crippen MR) is 41.8 cm³/mol. The Labute approximate surface area is 66.2 Å². The zero-order valence-electron chi connectivity index (χ0n) is 6.10. The molecule has 0 spiro atoms. The molecule has 0 aliphatic heterocycles. The Balaban J connectivity index is 3.85. The van der Waals surface area contributed by atoms with E-state index in [9.17, 15) is 4.79 Å². The zero-order chi connectivity index (χ0) is 8.15. The lowest BCUT2D eigenvalue weighted by Gasteiger charge is -2.14. The zero-order valence-corrected chi connectivity index (χ0v) is 6.85. The van der Waals surface area contributed by atoms with Crippen LogP contribution in [0, 0.1) is 12.3 Å². The molecule has 56 valence electrons. The minimum Gasteiger partial charge on any atom is -0.333 e. The van der Waals surface area contributed by atoms with E-state index < -0.39 is 5.38 Å². The molecule has 0 fully saturated rings. The summed E-state index contributed by atoms with van der Waals surface area (Å²) in [7, 11) is 1.63. The number of hydrogen-bond acceptors (Lipinski definition) is 1. The molecule has 0 aromatic heterocycles. The molecule has 0 aromatic rings. The monoisotopic (exact) mass is 159 g/mol. The van der Waals surface area contributed by atoms with Gasteiger partial charge in [0.05, 0.1) is 6.54 Å². The van der Waals surface area contributed by atoms with Crippen molar-refractivity contribution in [2.75, 3.05) is 13.6 Å². The number of nitrogens with zero attached hydrogens (tertiary/aromatic N) is 1. The lowest BCUT2D eigenvalue weighted by atomic mass is 10.4. The van der Waals surface area contributed by atoms with E-state index in [0.29, 0.717) is 6.54 Å². The van der Waals surface area contributed by atoms with Gasteiger partial charge < -0.3 is 4.90 Å². The lowest BCUT2D eigenvalue weighted by molar-refractivity contribution is -0.128. The second-order valence-corrected chi connectivity index (χ2v) is 2.67. The van der Waals surface area contributed by atoms with E-state index >= 15 is 0 Å². The van der Waals surface area contributed by atoms with Gasteiger partial charge in [-0.15, -0.1) is 18.0 Å². The summed E-state index contributed by atoms with van der Waals surface area (Å²) in [4.78, 5) is 12.3. The molecule has 2 nitrogen and oxygen atoms in total. The van der Waals surface area contributed by atoms with Crippen LogP contribution in [0.4, 0.5) is 0 Å². The van der Waals surface area contributed by atoms with Crippen LogP contribution in [0.25, 0.3) is 0 Å². The first-order chi connectivity index (χ1) is 4.59. The van der Waals surface area contributed by atoms with Gasteiger partial charge in [0.1, 0.15) is 5.38 Å². The van der Waals surface area contributed by atoms with Crippen molar-refractivity contribution in [2.24, 2.45) is 0 Å². The van der Waals surface area contributed by atoms with Crippen LogP contribution in [-0.4, -0.2) is 29.8 Å². The maximum atomic E-state index is 10.9. The van der Waals surface area contributed by atoms with E-state index in [2.05, 4.69) is 5.92 Å². The molecular formula is C7H10ClNO. The maximum absolute atomic E-state index is 10.9. The van der Waals surface area contributed by atoms with Gasteiger partial charge in [-0.2, -0.15) is 0 Å². The molecule has 0 heterocycles. The largest absolute Gasteiger partial charge is 0.333 e. The maximum Gasteiger partial charge on any atom is 0.240 e. The summed E-state index contributed by atoms with van der Waals surface area (Å²) < 4.78 is 0. The summed E-state index contributed by atoms with van der Waals surface area (Å²) in [5, 5.41) is -0.488. The number of carbonyl (C=O) groups excluding carboxylic acids is 1. The molecule has 0 saturated carbocycles. The topological polar surface area (TPSA) is 20.3 Å². The van der Waals surface area contributed by atoms with Crippen molar-refractivity contribution in [1.29, 1.82) is 0 Å². The highest BCUT2D eigenvalue weighted by Gasteiger charge is 2.12. The van der Waals surface area contributed by atoms with E-state index in [0.717, 1.165) is 0 Å². The predicted octanol–water partition coefficient (Wildman–Crippen LogP) is 0.705. The SMILES string of the molecule is C#CCN(C)C(=O)C(C)Cl. The Kier molecular flexibility index (Phi) is 3.90. The lowest BCUT2D eigenvalue weighted by Crippen LogP contribution is -2.32. The molecule has 3 heteroatoms. The van der Waals surface area contributed by atoms with Crippen molar-refractivity contribution >= 4 is 17.5 Å². The number of hydrogen-bond donors (Lipinski definition) is 0. The molecule has 0 saturated heterocycles. The van der Waals surface area contributed by atoms with Gasteiger partial charge in [0, 0.05) is 7.05 Å². The van der Waals surface area contributed by atoms with E-state index in [1.54, 1.807) is 14.0 Å². The molecule has 0 bridgehead atoms. The van der Waals surface area contributed by atoms with Crippen molar-refractivity contribution in [3.05, 3.63) is 0 Å². The highest BCUT2D eigenvalue weighted by Crippen LogP contribution is 1.97. The molecule has 0 aliphatic carbocycles. The highest BCUT2D eigenvalue weighted by molar-refractivity contribution is 6.30. The first-order valence-corrected chi connectivity index (χ1v) is 3.35. The van der Waals surface area contributed by atoms with Crippen molar-refractivity contribution in [3.8, 4) is 12.3 Å². The van der Waals surface area contributed by atoms with Crippen LogP contribution in [0.2, 0.25) is 0 Å². The average molecular weight is 160 g/mol. The van der Waals surface area contributed by atoms with Crippen molar-refractivity contribution in [3.63, 3.8) is 0 Å². The summed E-state index contributed by atoms with van der Waals surface area (Å²) in [5.41, 5.74) is 0. The van der Waals surface area contributed by atoms with Crippen molar-refractivity contribution in [1.82, 2.24) is 4.90 Å². The van der Waals surface area contributed by atoms with Crippen LogP contribution in [-0.2, 0) is 4.79 Å². The third-order valence-corrected chi connectivity index (χ3v) is 1.23. The normalized spacial score (nSPS) is 11.8. The molecular weight excluding hydrogens is 150 g/mol. The first kappa shape index (κ1) is 9.32. The Bertz CT molecular complexity index is 159. The number of halogens is 1. The van der Waals surface area contributed by atoms with Crippen LogP contribution >= 0.6 is 11.6 Å². The van der Waals surface area contributed by atoms with Crippen LogP contribution < -0.4 is 0 Å². The minimum atomic E-state index is -0.488. The van der Waals surface area contributed by atoms with Gasteiger partial charge in [-0.1, -0.05) is 5.92 Å². The molecule has 0 N–H and O–H groups in total. The fourth-order valence-electron chi connectivity index (χ4n) is 0.519. The van der Waals surface area contributed by atoms with Crippen molar-refractivity contribution in [2.45, 2.75) is 12.3 Å². The van der Waals surface area contributed by atoms with Gasteiger partial charge in [0.2, 0.25) is 5.91 Å². The number of amides is 1. The van der Waals surface area contributed by atoms with Crippen LogP contribution in [0.1, 0.15) is 6.92 Å². The Morgan fingerprint density at radius 1 is 1.90 bits per heavy atom. The van der Waals surface area contributed by atoms with Gasteiger partial charge in [-0.3, -0.25) is 4.79 Å². The summed E-state index contributed by atoms with van der Waals surface area (Å²) in [6, 6.07) is 0. The Morgan fingerprint density at radius 3 is 2.70 bits per heavy atom. The third kappa shape index (κ3) is 2.75. The minimum absolute atomic E-state index is 0.139. The van der Waals surface area contributed by atoms with Gasteiger partial charge in [-0.05, 0) is 6.92 Å².